The van der Waals surface area contributed by atoms with E-state index in [1.807, 2.05) is 32.0 Å². The molecule has 0 amide bonds. The molecule has 0 spiro atoms. The van der Waals surface area contributed by atoms with Gasteiger partial charge in [0.25, 0.3) is 0 Å². The van der Waals surface area contributed by atoms with Crippen LogP contribution in [0.3, 0.4) is 0 Å². The fraction of sp³-hybridized carbons (Fsp3) is 0.481. The van der Waals surface area contributed by atoms with Crippen LogP contribution in [0.5, 0.6) is 0 Å². The Kier molecular flexibility index (Phi) is 9.64. The maximum atomic E-state index is 12.8. The molecule has 0 radical (unpaired) electrons. The molecular formula is C27H32F6O3. The molecule has 0 atom stereocenters. The monoisotopic (exact) mass is 518 g/mol. The lowest BCUT2D eigenvalue weighted by Crippen LogP contribution is -2.35. The summed E-state index contributed by atoms with van der Waals surface area (Å²) in [6, 6.07) is 10.6. The second-order valence-corrected chi connectivity index (χ2v) is 9.49. The molecule has 0 unspecified atom stereocenters. The van der Waals surface area contributed by atoms with Gasteiger partial charge in [0.1, 0.15) is 5.76 Å². The third kappa shape index (κ3) is 7.49. The van der Waals surface area contributed by atoms with E-state index in [9.17, 15) is 41.7 Å². The standard InChI is InChI=1S/C27H32F6O3/c1-4-18-14-21(25(2,3)12-11-17-5-6-19(15-34)20(13-17)16-35)7-8-22(18)23(36)9-10-24(26(28,29)30)27(31,32)33/h5-9,13-14,24,34-36H,4,10-12,15-16H2,1-3H3/b23-9+. The number of aryl methyl sites for hydroxylation is 2. The van der Waals surface area contributed by atoms with Crippen LogP contribution in [0.4, 0.5) is 26.3 Å². The summed E-state index contributed by atoms with van der Waals surface area (Å²) in [5, 5.41) is 29.2. The van der Waals surface area contributed by atoms with Crippen LogP contribution in [0.15, 0.2) is 42.5 Å². The molecule has 200 valence electrons. The van der Waals surface area contributed by atoms with Gasteiger partial charge in [-0.3, -0.25) is 0 Å². The molecule has 36 heavy (non-hydrogen) atoms. The predicted molar refractivity (Wildman–Crippen MR) is 126 cm³/mol. The molecule has 0 heterocycles. The summed E-state index contributed by atoms with van der Waals surface area (Å²) in [5.74, 6) is -4.16. The van der Waals surface area contributed by atoms with Crippen molar-refractivity contribution < 1.29 is 41.7 Å². The van der Waals surface area contributed by atoms with E-state index < -0.39 is 30.5 Å². The van der Waals surface area contributed by atoms with E-state index >= 15 is 0 Å². The fourth-order valence-corrected chi connectivity index (χ4v) is 4.09. The topological polar surface area (TPSA) is 60.7 Å². The molecule has 2 aromatic rings. The minimum absolute atomic E-state index is 0.165. The van der Waals surface area contributed by atoms with Gasteiger partial charge in [0.15, 0.2) is 5.92 Å². The molecule has 0 fully saturated rings. The summed E-state index contributed by atoms with van der Waals surface area (Å²) in [6.07, 6.45) is -9.95. The molecule has 2 rings (SSSR count). The molecular weight excluding hydrogens is 486 g/mol. The minimum atomic E-state index is -5.47. The lowest BCUT2D eigenvalue weighted by atomic mass is 9.78. The van der Waals surface area contributed by atoms with Crippen LogP contribution in [-0.4, -0.2) is 27.7 Å². The van der Waals surface area contributed by atoms with Crippen molar-refractivity contribution in [3.05, 3.63) is 75.9 Å². The molecule has 0 bridgehead atoms. The Labute approximate surface area is 207 Å². The van der Waals surface area contributed by atoms with Crippen molar-refractivity contribution in [2.45, 2.75) is 77.4 Å². The zero-order chi connectivity index (χ0) is 27.3. The number of halogens is 6. The first-order chi connectivity index (χ1) is 16.6. The van der Waals surface area contributed by atoms with Gasteiger partial charge in [0, 0.05) is 5.56 Å². The predicted octanol–water partition coefficient (Wildman–Crippen LogP) is 7.17. The van der Waals surface area contributed by atoms with Gasteiger partial charge < -0.3 is 15.3 Å². The average molecular weight is 519 g/mol. The summed E-state index contributed by atoms with van der Waals surface area (Å²) < 4.78 is 76.9. The van der Waals surface area contributed by atoms with Gasteiger partial charge >= 0.3 is 12.4 Å². The van der Waals surface area contributed by atoms with Crippen LogP contribution in [0.1, 0.15) is 67.0 Å². The molecule has 0 aliphatic rings. The first kappa shape index (κ1) is 29.7. The van der Waals surface area contributed by atoms with Crippen LogP contribution in [0.25, 0.3) is 5.76 Å². The second-order valence-electron chi connectivity index (χ2n) is 9.49. The van der Waals surface area contributed by atoms with Crippen LogP contribution < -0.4 is 0 Å². The SMILES string of the molecule is CCc1cc(C(C)(C)CCc2ccc(CO)c(CO)c2)ccc1/C(O)=C\CC(C(F)(F)F)C(F)(F)F. The van der Waals surface area contributed by atoms with Crippen molar-refractivity contribution in [3.63, 3.8) is 0 Å². The van der Waals surface area contributed by atoms with Crippen LogP contribution >= 0.6 is 0 Å². The third-order valence-electron chi connectivity index (χ3n) is 6.53. The number of allylic oxidation sites excluding steroid dienone is 1. The van der Waals surface area contributed by atoms with E-state index in [1.54, 1.807) is 19.1 Å². The van der Waals surface area contributed by atoms with E-state index in [0.29, 0.717) is 42.0 Å². The Balaban J connectivity index is 2.24. The largest absolute Gasteiger partial charge is 0.508 e. The fourth-order valence-electron chi connectivity index (χ4n) is 4.09. The maximum absolute atomic E-state index is 12.8. The van der Waals surface area contributed by atoms with Crippen molar-refractivity contribution in [2.75, 3.05) is 0 Å². The highest BCUT2D eigenvalue weighted by Crippen LogP contribution is 2.42. The molecule has 0 aromatic heterocycles. The van der Waals surface area contributed by atoms with Gasteiger partial charge in [-0.05, 0) is 65.0 Å². The molecule has 3 nitrogen and oxygen atoms in total. The maximum Gasteiger partial charge on any atom is 0.400 e. The van der Waals surface area contributed by atoms with Gasteiger partial charge in [-0.1, -0.05) is 57.2 Å². The smallest absolute Gasteiger partial charge is 0.400 e. The lowest BCUT2D eigenvalue weighted by molar-refractivity contribution is -0.282. The Morgan fingerprint density at radius 1 is 0.861 bits per heavy atom. The number of alkyl halides is 6. The van der Waals surface area contributed by atoms with Crippen molar-refractivity contribution >= 4 is 5.76 Å². The van der Waals surface area contributed by atoms with Crippen molar-refractivity contribution in [1.29, 1.82) is 0 Å². The van der Waals surface area contributed by atoms with Gasteiger partial charge in [-0.25, -0.2) is 0 Å². The zero-order valence-corrected chi connectivity index (χ0v) is 20.5. The summed E-state index contributed by atoms with van der Waals surface area (Å²) in [6.45, 7) is 5.48. The van der Waals surface area contributed by atoms with Gasteiger partial charge in [-0.2, -0.15) is 26.3 Å². The highest BCUT2D eigenvalue weighted by Gasteiger charge is 2.55. The third-order valence-corrected chi connectivity index (χ3v) is 6.53. The lowest BCUT2D eigenvalue weighted by Gasteiger charge is -2.27. The Morgan fingerprint density at radius 2 is 1.47 bits per heavy atom. The molecule has 3 N–H and O–H groups in total. The average Bonchev–Trinajstić information content (AvgIpc) is 2.80. The van der Waals surface area contributed by atoms with Crippen molar-refractivity contribution in [3.8, 4) is 0 Å². The molecule has 0 aliphatic heterocycles. The van der Waals surface area contributed by atoms with E-state index in [4.69, 9.17) is 0 Å². The first-order valence-electron chi connectivity index (χ1n) is 11.6. The normalized spacial score (nSPS) is 13.5. The number of hydrogen-bond donors (Lipinski definition) is 3. The first-order valence-corrected chi connectivity index (χ1v) is 11.6. The minimum Gasteiger partial charge on any atom is -0.508 e. The molecule has 0 aliphatic carbocycles. The van der Waals surface area contributed by atoms with Crippen LogP contribution in [-0.2, 0) is 31.5 Å². The Morgan fingerprint density at radius 3 is 2.00 bits per heavy atom. The summed E-state index contributed by atoms with van der Waals surface area (Å²) in [5.41, 5.74) is 3.69. The number of hydrogen-bond acceptors (Lipinski definition) is 3. The summed E-state index contributed by atoms with van der Waals surface area (Å²) in [4.78, 5) is 0. The van der Waals surface area contributed by atoms with Crippen LogP contribution in [0.2, 0.25) is 0 Å². The summed E-state index contributed by atoms with van der Waals surface area (Å²) >= 11 is 0. The second kappa shape index (κ2) is 11.7. The van der Waals surface area contributed by atoms with E-state index in [1.165, 1.54) is 6.07 Å². The van der Waals surface area contributed by atoms with Gasteiger partial charge in [0.05, 0.1) is 13.2 Å². The Bertz CT molecular complexity index is 1040. The number of rotatable bonds is 10. The van der Waals surface area contributed by atoms with Gasteiger partial charge in [0.2, 0.25) is 0 Å². The summed E-state index contributed by atoms with van der Waals surface area (Å²) in [7, 11) is 0. The quantitative estimate of drug-likeness (QED) is 0.231. The number of aliphatic hydroxyl groups is 3. The number of aliphatic hydroxyl groups excluding tert-OH is 3. The van der Waals surface area contributed by atoms with Crippen molar-refractivity contribution in [1.82, 2.24) is 0 Å². The van der Waals surface area contributed by atoms with E-state index in [-0.39, 0.29) is 24.2 Å². The van der Waals surface area contributed by atoms with Crippen molar-refractivity contribution in [2.24, 2.45) is 5.92 Å². The molecule has 2 aromatic carbocycles. The zero-order valence-electron chi connectivity index (χ0n) is 20.5. The highest BCUT2D eigenvalue weighted by molar-refractivity contribution is 5.62. The number of benzene rings is 2. The molecule has 9 heteroatoms. The highest BCUT2D eigenvalue weighted by atomic mass is 19.4. The molecule has 0 saturated carbocycles. The van der Waals surface area contributed by atoms with E-state index in [2.05, 4.69) is 0 Å². The Hall–Kier alpha value is -2.52. The van der Waals surface area contributed by atoms with Gasteiger partial charge in [-0.15, -0.1) is 0 Å². The van der Waals surface area contributed by atoms with E-state index in [0.717, 1.165) is 11.1 Å². The van der Waals surface area contributed by atoms with Crippen LogP contribution in [0, 0.1) is 5.92 Å². The molecule has 0 saturated heterocycles.